The van der Waals surface area contributed by atoms with E-state index in [-0.39, 0.29) is 5.91 Å². The zero-order valence-corrected chi connectivity index (χ0v) is 15.2. The Hall–Kier alpha value is -2.85. The first-order valence-corrected chi connectivity index (χ1v) is 8.77. The molecule has 0 aliphatic heterocycles. The normalized spacial score (nSPS) is 12.0. The molecule has 0 radical (unpaired) electrons. The lowest BCUT2D eigenvalue weighted by Gasteiger charge is -2.20. The van der Waals surface area contributed by atoms with Gasteiger partial charge in [-0.3, -0.25) is 4.79 Å². The molecule has 26 heavy (non-hydrogen) atoms. The molecule has 0 spiro atoms. The highest BCUT2D eigenvalue weighted by Crippen LogP contribution is 2.22. The smallest absolute Gasteiger partial charge is 0.270 e. The molecule has 3 rings (SSSR count). The Morgan fingerprint density at radius 1 is 1.00 bits per heavy atom. The summed E-state index contributed by atoms with van der Waals surface area (Å²) in [5, 5.41) is 10.3. The van der Waals surface area contributed by atoms with Gasteiger partial charge in [0.1, 0.15) is 5.69 Å². The number of carbonyl (C=O) groups is 1. The second-order valence-corrected chi connectivity index (χ2v) is 6.47. The molecule has 3 aromatic rings. The van der Waals surface area contributed by atoms with Crippen LogP contribution in [0.1, 0.15) is 28.6 Å². The zero-order chi connectivity index (χ0) is 18.5. The molecular weight excluding hydrogens is 324 g/mol. The van der Waals surface area contributed by atoms with Crippen LogP contribution in [-0.2, 0) is 7.05 Å². The Balaban J connectivity index is 1.67. The fourth-order valence-electron chi connectivity index (χ4n) is 3.08. The summed E-state index contributed by atoms with van der Waals surface area (Å²) < 4.78 is 1.92. The Morgan fingerprint density at radius 3 is 2.27 bits per heavy atom. The number of aliphatic hydroxyl groups is 1. The molecule has 0 aliphatic carbocycles. The van der Waals surface area contributed by atoms with Crippen LogP contribution >= 0.6 is 0 Å². The van der Waals surface area contributed by atoms with Gasteiger partial charge in [0.2, 0.25) is 0 Å². The van der Waals surface area contributed by atoms with Crippen molar-refractivity contribution >= 4 is 5.91 Å². The number of carbonyl (C=O) groups excluding carboxylic acids is 1. The molecule has 0 aliphatic rings. The van der Waals surface area contributed by atoms with E-state index in [1.807, 2.05) is 84.4 Å². The van der Waals surface area contributed by atoms with E-state index in [2.05, 4.69) is 0 Å². The van der Waals surface area contributed by atoms with Crippen molar-refractivity contribution in [1.29, 1.82) is 0 Å². The molecule has 1 amide bonds. The van der Waals surface area contributed by atoms with Crippen LogP contribution in [0.15, 0.2) is 72.8 Å². The van der Waals surface area contributed by atoms with Gasteiger partial charge in [0.15, 0.2) is 0 Å². The molecule has 134 valence electrons. The summed E-state index contributed by atoms with van der Waals surface area (Å²) in [6, 6.07) is 23.4. The van der Waals surface area contributed by atoms with E-state index in [4.69, 9.17) is 0 Å². The first-order valence-electron chi connectivity index (χ1n) is 8.77. The number of hydrogen-bond donors (Lipinski definition) is 1. The van der Waals surface area contributed by atoms with Gasteiger partial charge < -0.3 is 14.6 Å². The molecule has 1 aromatic heterocycles. The topological polar surface area (TPSA) is 45.5 Å². The van der Waals surface area contributed by atoms with Crippen LogP contribution in [0.3, 0.4) is 0 Å². The van der Waals surface area contributed by atoms with Gasteiger partial charge in [0.25, 0.3) is 5.91 Å². The third-order valence-electron chi connectivity index (χ3n) is 4.68. The monoisotopic (exact) mass is 348 g/mol. The van der Waals surface area contributed by atoms with Gasteiger partial charge in [-0.05, 0) is 29.7 Å². The summed E-state index contributed by atoms with van der Waals surface area (Å²) in [6.45, 7) is 0.487. The Labute approximate surface area is 154 Å². The minimum absolute atomic E-state index is 0.0463. The first kappa shape index (κ1) is 18.0. The van der Waals surface area contributed by atoms with E-state index < -0.39 is 6.10 Å². The summed E-state index contributed by atoms with van der Waals surface area (Å²) in [4.78, 5) is 14.4. The minimum Gasteiger partial charge on any atom is -0.388 e. The van der Waals surface area contributed by atoms with E-state index in [1.54, 1.807) is 11.9 Å². The maximum Gasteiger partial charge on any atom is 0.270 e. The summed E-state index contributed by atoms with van der Waals surface area (Å²) in [5.41, 5.74) is 3.60. The van der Waals surface area contributed by atoms with Crippen LogP contribution < -0.4 is 0 Å². The number of rotatable bonds is 6. The molecule has 0 bridgehead atoms. The van der Waals surface area contributed by atoms with E-state index >= 15 is 0 Å². The fraction of sp³-hybridized carbons (Fsp3) is 0.227. The molecule has 1 heterocycles. The maximum atomic E-state index is 12.8. The van der Waals surface area contributed by atoms with Crippen molar-refractivity contribution < 1.29 is 9.90 Å². The van der Waals surface area contributed by atoms with Crippen LogP contribution in [0.25, 0.3) is 11.3 Å². The molecule has 0 saturated heterocycles. The fourth-order valence-corrected chi connectivity index (χ4v) is 3.08. The molecule has 4 nitrogen and oxygen atoms in total. The average Bonchev–Trinajstić information content (AvgIpc) is 3.08. The number of benzene rings is 2. The van der Waals surface area contributed by atoms with E-state index in [0.29, 0.717) is 18.7 Å². The van der Waals surface area contributed by atoms with Gasteiger partial charge in [0, 0.05) is 26.3 Å². The standard InChI is InChI=1S/C22H24N2O2/c1-23(16-15-21(25)18-11-7-4-8-12-18)22(26)20-14-13-19(24(20)2)17-9-5-3-6-10-17/h3-14,21,25H,15-16H2,1-2H3/t21-/m1/s1. The second kappa shape index (κ2) is 8.02. The Kier molecular flexibility index (Phi) is 5.54. The number of amides is 1. The number of nitrogens with zero attached hydrogens (tertiary/aromatic N) is 2. The molecule has 0 saturated carbocycles. The second-order valence-electron chi connectivity index (χ2n) is 6.47. The van der Waals surface area contributed by atoms with Crippen LogP contribution in [-0.4, -0.2) is 34.1 Å². The number of aromatic nitrogens is 1. The van der Waals surface area contributed by atoms with Crippen molar-refractivity contribution in [3.63, 3.8) is 0 Å². The Bertz CT molecular complexity index is 856. The predicted molar refractivity (Wildman–Crippen MR) is 104 cm³/mol. The molecule has 4 heteroatoms. The first-order chi connectivity index (χ1) is 12.6. The van der Waals surface area contributed by atoms with Crippen LogP contribution in [0, 0.1) is 0 Å². The molecule has 1 atom stereocenters. The summed E-state index contributed by atoms with van der Waals surface area (Å²) in [7, 11) is 3.68. The van der Waals surface area contributed by atoms with Crippen molar-refractivity contribution in [2.45, 2.75) is 12.5 Å². The summed E-state index contributed by atoms with van der Waals surface area (Å²) in [5.74, 6) is -0.0463. The van der Waals surface area contributed by atoms with Crippen molar-refractivity contribution in [1.82, 2.24) is 9.47 Å². The van der Waals surface area contributed by atoms with Crippen molar-refractivity contribution in [3.8, 4) is 11.3 Å². The number of hydrogen-bond acceptors (Lipinski definition) is 2. The lowest BCUT2D eigenvalue weighted by Crippen LogP contribution is -2.30. The minimum atomic E-state index is -0.570. The highest BCUT2D eigenvalue weighted by Gasteiger charge is 2.18. The van der Waals surface area contributed by atoms with Gasteiger partial charge in [0.05, 0.1) is 6.10 Å². The highest BCUT2D eigenvalue weighted by molar-refractivity contribution is 5.93. The zero-order valence-electron chi connectivity index (χ0n) is 15.2. The van der Waals surface area contributed by atoms with Crippen molar-refractivity contribution in [3.05, 3.63) is 84.1 Å². The average molecular weight is 348 g/mol. The van der Waals surface area contributed by atoms with Crippen molar-refractivity contribution in [2.24, 2.45) is 7.05 Å². The lowest BCUT2D eigenvalue weighted by atomic mass is 10.1. The van der Waals surface area contributed by atoms with Gasteiger partial charge in [-0.15, -0.1) is 0 Å². The van der Waals surface area contributed by atoms with Gasteiger partial charge in [-0.2, -0.15) is 0 Å². The van der Waals surface area contributed by atoms with Crippen molar-refractivity contribution in [2.75, 3.05) is 13.6 Å². The largest absolute Gasteiger partial charge is 0.388 e. The molecule has 0 fully saturated rings. The lowest BCUT2D eigenvalue weighted by molar-refractivity contribution is 0.0752. The SMILES string of the molecule is CN(CC[C@@H](O)c1ccccc1)C(=O)c1ccc(-c2ccccc2)n1C. The maximum absolute atomic E-state index is 12.8. The van der Waals surface area contributed by atoms with Gasteiger partial charge in [-0.25, -0.2) is 0 Å². The quantitative estimate of drug-likeness (QED) is 0.735. The molecule has 2 aromatic carbocycles. The van der Waals surface area contributed by atoms with Crippen LogP contribution in [0.5, 0.6) is 0 Å². The summed E-state index contributed by atoms with van der Waals surface area (Å²) >= 11 is 0. The van der Waals surface area contributed by atoms with Gasteiger partial charge in [-0.1, -0.05) is 60.7 Å². The van der Waals surface area contributed by atoms with Crippen LogP contribution in [0.4, 0.5) is 0 Å². The molecule has 0 unspecified atom stereocenters. The molecular formula is C22H24N2O2. The number of aliphatic hydroxyl groups excluding tert-OH is 1. The third-order valence-corrected chi connectivity index (χ3v) is 4.68. The van der Waals surface area contributed by atoms with E-state index in [9.17, 15) is 9.90 Å². The van der Waals surface area contributed by atoms with E-state index in [1.165, 1.54) is 0 Å². The van der Waals surface area contributed by atoms with Crippen LogP contribution in [0.2, 0.25) is 0 Å². The summed E-state index contributed by atoms with van der Waals surface area (Å²) in [6.07, 6.45) is -0.0675. The highest BCUT2D eigenvalue weighted by atomic mass is 16.3. The predicted octanol–water partition coefficient (Wildman–Crippen LogP) is 3.89. The van der Waals surface area contributed by atoms with Gasteiger partial charge >= 0.3 is 0 Å². The third kappa shape index (κ3) is 3.86. The Morgan fingerprint density at radius 2 is 1.62 bits per heavy atom. The molecule has 1 N–H and O–H groups in total. The van der Waals surface area contributed by atoms with E-state index in [0.717, 1.165) is 16.8 Å².